The molecule has 100 valence electrons. The van der Waals surface area contributed by atoms with E-state index in [0.29, 0.717) is 12.4 Å². The van der Waals surface area contributed by atoms with Crippen LogP contribution >= 0.6 is 11.8 Å². The van der Waals surface area contributed by atoms with Crippen molar-refractivity contribution in [1.82, 2.24) is 4.98 Å². The Morgan fingerprint density at radius 1 is 1.50 bits per heavy atom. The van der Waals surface area contributed by atoms with Crippen LogP contribution in [0.1, 0.15) is 11.3 Å². The zero-order valence-corrected chi connectivity index (χ0v) is 10.4. The van der Waals surface area contributed by atoms with Crippen molar-refractivity contribution in [3.05, 3.63) is 23.4 Å². The third kappa shape index (κ3) is 3.88. The fourth-order valence-electron chi connectivity index (χ4n) is 1.14. The van der Waals surface area contributed by atoms with Gasteiger partial charge in [-0.1, -0.05) is 0 Å². The van der Waals surface area contributed by atoms with Crippen LogP contribution in [0.25, 0.3) is 0 Å². The number of hydrogen-bond acceptors (Lipinski definition) is 4. The molecule has 3 N–H and O–H groups in total. The molecule has 0 spiro atoms. The molecule has 1 aromatic heterocycles. The van der Waals surface area contributed by atoms with Crippen LogP contribution in [0.3, 0.4) is 0 Å². The predicted molar refractivity (Wildman–Crippen MR) is 62.9 cm³/mol. The molecule has 0 fully saturated rings. The lowest BCUT2D eigenvalue weighted by molar-refractivity contribution is -0.141. The smallest absolute Gasteiger partial charge is 0.384 e. The highest BCUT2D eigenvalue weighted by Gasteiger charge is 2.33. The maximum absolute atomic E-state index is 12.5. The van der Waals surface area contributed by atoms with Gasteiger partial charge in [0.15, 0.2) is 0 Å². The number of nitrogen functional groups attached to an aromatic ring is 1. The molecule has 0 atom stereocenters. The topological polar surface area (TPSA) is 72.0 Å². The molecule has 0 aliphatic rings. The Morgan fingerprint density at radius 2 is 2.17 bits per heavy atom. The first-order valence-electron chi connectivity index (χ1n) is 4.90. The van der Waals surface area contributed by atoms with E-state index in [-0.39, 0.29) is 16.4 Å². The number of hydrogen-bond donors (Lipinski definition) is 2. The second-order valence-corrected chi connectivity index (χ2v) is 4.39. The van der Waals surface area contributed by atoms with E-state index in [1.54, 1.807) is 0 Å². The van der Waals surface area contributed by atoms with Crippen molar-refractivity contribution < 1.29 is 17.9 Å². The standard InChI is InChI=1S/C10H12F3N3OS/c1-17-4-5-18-9-6(8(14)15)2-3-7(16-9)10(11,12)13/h2-3H,4-5H2,1H3,(H3,14,15). The van der Waals surface area contributed by atoms with Gasteiger partial charge in [-0.3, -0.25) is 5.41 Å². The number of rotatable bonds is 5. The second kappa shape index (κ2) is 6.05. The molecular weight excluding hydrogens is 267 g/mol. The van der Waals surface area contributed by atoms with E-state index < -0.39 is 11.9 Å². The van der Waals surface area contributed by atoms with Crippen LogP contribution in [-0.4, -0.2) is 30.3 Å². The fourth-order valence-corrected chi connectivity index (χ4v) is 2.07. The largest absolute Gasteiger partial charge is 0.433 e. The van der Waals surface area contributed by atoms with E-state index in [1.165, 1.54) is 7.11 Å². The molecule has 1 aromatic rings. The summed E-state index contributed by atoms with van der Waals surface area (Å²) in [5.74, 6) is 0.126. The third-order valence-electron chi connectivity index (χ3n) is 1.97. The van der Waals surface area contributed by atoms with Crippen LogP contribution in [0.15, 0.2) is 17.2 Å². The number of nitrogens with zero attached hydrogens (tertiary/aromatic N) is 1. The summed E-state index contributed by atoms with van der Waals surface area (Å²) in [5.41, 5.74) is 4.50. The molecule has 0 aliphatic heterocycles. The van der Waals surface area contributed by atoms with Crippen LogP contribution in [0.5, 0.6) is 0 Å². The summed E-state index contributed by atoms with van der Waals surface area (Å²) >= 11 is 1.07. The number of amidine groups is 1. The zero-order valence-electron chi connectivity index (χ0n) is 9.54. The molecule has 0 aromatic carbocycles. The Kier molecular flexibility index (Phi) is 4.97. The van der Waals surface area contributed by atoms with Gasteiger partial charge in [0.25, 0.3) is 0 Å². The van der Waals surface area contributed by atoms with Crippen LogP contribution in [0.2, 0.25) is 0 Å². The highest BCUT2D eigenvalue weighted by molar-refractivity contribution is 7.99. The Morgan fingerprint density at radius 3 is 2.67 bits per heavy atom. The highest BCUT2D eigenvalue weighted by Crippen LogP contribution is 2.30. The van der Waals surface area contributed by atoms with E-state index in [4.69, 9.17) is 15.9 Å². The number of halogens is 3. The Hall–Kier alpha value is -1.28. The van der Waals surface area contributed by atoms with Gasteiger partial charge in [0, 0.05) is 18.4 Å². The van der Waals surface area contributed by atoms with E-state index in [1.807, 2.05) is 0 Å². The predicted octanol–water partition coefficient (Wildman–Crippen LogP) is 2.12. The lowest BCUT2D eigenvalue weighted by Crippen LogP contribution is -2.16. The van der Waals surface area contributed by atoms with Gasteiger partial charge >= 0.3 is 6.18 Å². The van der Waals surface area contributed by atoms with Gasteiger partial charge < -0.3 is 10.5 Å². The normalized spacial score (nSPS) is 11.6. The first-order chi connectivity index (χ1) is 8.36. The Bertz CT molecular complexity index is 437. The first-order valence-corrected chi connectivity index (χ1v) is 5.89. The van der Waals surface area contributed by atoms with Crippen molar-refractivity contribution in [2.75, 3.05) is 19.5 Å². The van der Waals surface area contributed by atoms with E-state index in [0.717, 1.165) is 23.9 Å². The monoisotopic (exact) mass is 279 g/mol. The molecule has 8 heteroatoms. The first kappa shape index (κ1) is 14.8. The highest BCUT2D eigenvalue weighted by atomic mass is 32.2. The number of nitrogens with one attached hydrogen (secondary N) is 1. The summed E-state index contributed by atoms with van der Waals surface area (Å²) in [6, 6.07) is 1.98. The van der Waals surface area contributed by atoms with E-state index in [2.05, 4.69) is 4.98 Å². The van der Waals surface area contributed by atoms with Crippen molar-refractivity contribution in [1.29, 1.82) is 5.41 Å². The van der Waals surface area contributed by atoms with Gasteiger partial charge in [-0.2, -0.15) is 13.2 Å². The average Bonchev–Trinajstić information content (AvgIpc) is 2.27. The molecule has 0 amide bonds. The van der Waals surface area contributed by atoms with Gasteiger partial charge in [-0.25, -0.2) is 4.98 Å². The van der Waals surface area contributed by atoms with Crippen molar-refractivity contribution in [2.24, 2.45) is 5.73 Å². The summed E-state index contributed by atoms with van der Waals surface area (Å²) < 4.78 is 42.3. The fraction of sp³-hybridized carbons (Fsp3) is 0.400. The summed E-state index contributed by atoms with van der Waals surface area (Å²) in [6.45, 7) is 0.375. The maximum Gasteiger partial charge on any atom is 0.433 e. The molecule has 0 unspecified atom stereocenters. The zero-order chi connectivity index (χ0) is 13.8. The summed E-state index contributed by atoms with van der Waals surface area (Å²) in [5, 5.41) is 7.39. The molecule has 18 heavy (non-hydrogen) atoms. The minimum atomic E-state index is -4.51. The van der Waals surface area contributed by atoms with Crippen LogP contribution in [0.4, 0.5) is 13.2 Å². The molecule has 0 radical (unpaired) electrons. The van der Waals surface area contributed by atoms with Gasteiger partial charge in [0.2, 0.25) is 0 Å². The number of thioether (sulfide) groups is 1. The number of aromatic nitrogens is 1. The number of pyridine rings is 1. The number of nitrogens with two attached hydrogens (primary N) is 1. The molecule has 0 aliphatic carbocycles. The lowest BCUT2D eigenvalue weighted by atomic mass is 10.2. The summed E-state index contributed by atoms with van der Waals surface area (Å²) in [6.07, 6.45) is -4.51. The molecular formula is C10H12F3N3OS. The molecule has 1 rings (SSSR count). The third-order valence-corrected chi connectivity index (χ3v) is 2.92. The van der Waals surface area contributed by atoms with Crippen molar-refractivity contribution in [3.63, 3.8) is 0 Å². The average molecular weight is 279 g/mol. The van der Waals surface area contributed by atoms with E-state index in [9.17, 15) is 13.2 Å². The molecule has 4 nitrogen and oxygen atoms in total. The summed E-state index contributed by atoms with van der Waals surface area (Å²) in [4.78, 5) is 3.50. The number of ether oxygens (including phenoxy) is 1. The summed E-state index contributed by atoms with van der Waals surface area (Å²) in [7, 11) is 1.49. The van der Waals surface area contributed by atoms with Crippen molar-refractivity contribution >= 4 is 17.6 Å². The lowest BCUT2D eigenvalue weighted by Gasteiger charge is -2.11. The Labute approximate surface area is 106 Å². The second-order valence-electron chi connectivity index (χ2n) is 3.30. The van der Waals surface area contributed by atoms with Crippen LogP contribution in [0, 0.1) is 5.41 Å². The van der Waals surface area contributed by atoms with Crippen molar-refractivity contribution in [2.45, 2.75) is 11.2 Å². The number of alkyl halides is 3. The molecule has 0 saturated heterocycles. The number of methoxy groups -OCH3 is 1. The Balaban J connectivity index is 3.04. The van der Waals surface area contributed by atoms with Gasteiger partial charge in [-0.05, 0) is 12.1 Å². The van der Waals surface area contributed by atoms with Crippen molar-refractivity contribution in [3.8, 4) is 0 Å². The minimum absolute atomic E-state index is 0.0920. The van der Waals surface area contributed by atoms with Gasteiger partial charge in [-0.15, -0.1) is 11.8 Å². The van der Waals surface area contributed by atoms with Gasteiger partial charge in [0.1, 0.15) is 16.6 Å². The maximum atomic E-state index is 12.5. The molecule has 0 bridgehead atoms. The van der Waals surface area contributed by atoms with Crippen LogP contribution in [-0.2, 0) is 10.9 Å². The molecule has 0 saturated carbocycles. The van der Waals surface area contributed by atoms with Crippen LogP contribution < -0.4 is 5.73 Å². The molecule has 1 heterocycles. The minimum Gasteiger partial charge on any atom is -0.384 e. The quantitative estimate of drug-likeness (QED) is 0.375. The van der Waals surface area contributed by atoms with Gasteiger partial charge in [0.05, 0.1) is 6.61 Å². The SMILES string of the molecule is COCCSc1nc(C(F)(F)F)ccc1C(=N)N. The van der Waals surface area contributed by atoms with E-state index >= 15 is 0 Å².